The summed E-state index contributed by atoms with van der Waals surface area (Å²) in [5, 5.41) is 11.4. The van der Waals surface area contributed by atoms with Crippen LogP contribution in [0.3, 0.4) is 0 Å². The molecule has 2 aliphatic rings. The van der Waals surface area contributed by atoms with Gasteiger partial charge < -0.3 is 24.5 Å². The first-order valence-corrected chi connectivity index (χ1v) is 10.9. The van der Waals surface area contributed by atoms with Gasteiger partial charge in [-0.25, -0.2) is 0 Å². The van der Waals surface area contributed by atoms with Gasteiger partial charge in [-0.05, 0) is 23.3 Å². The number of aromatic nitrogens is 1. The Hall–Kier alpha value is -2.87. The molecule has 1 fully saturated rings. The molecule has 1 atom stereocenters. The molecule has 0 radical (unpaired) electrons. The molecule has 32 heavy (non-hydrogen) atoms. The highest BCUT2D eigenvalue weighted by atomic mass is 16.5. The molecule has 5 rings (SSSR count). The number of benzene rings is 2. The Balaban J connectivity index is 1.55. The number of H-pyrrole nitrogens is 1. The number of aliphatic hydroxyl groups is 1. The van der Waals surface area contributed by atoms with Gasteiger partial charge in [-0.1, -0.05) is 30.3 Å². The van der Waals surface area contributed by atoms with E-state index in [9.17, 15) is 9.90 Å². The van der Waals surface area contributed by atoms with Crippen LogP contribution in [0.25, 0.3) is 10.9 Å². The summed E-state index contributed by atoms with van der Waals surface area (Å²) in [6.07, 6.45) is 0. The van der Waals surface area contributed by atoms with Crippen molar-refractivity contribution in [3.05, 3.63) is 65.4 Å². The lowest BCUT2D eigenvalue weighted by molar-refractivity contribution is -0.143. The smallest absolute Gasteiger partial charge is 0.249 e. The third kappa shape index (κ3) is 3.37. The molecule has 7 heteroatoms. The third-order valence-electron chi connectivity index (χ3n) is 6.81. The molecule has 0 aliphatic carbocycles. The van der Waals surface area contributed by atoms with Crippen LogP contribution in [0.1, 0.15) is 22.9 Å². The van der Waals surface area contributed by atoms with Crippen molar-refractivity contribution in [3.8, 4) is 5.75 Å². The van der Waals surface area contributed by atoms with Crippen LogP contribution in [0.5, 0.6) is 5.75 Å². The van der Waals surface area contributed by atoms with E-state index in [-0.39, 0.29) is 24.5 Å². The predicted octanol–water partition coefficient (Wildman–Crippen LogP) is 2.45. The molecule has 1 aromatic heterocycles. The fourth-order valence-corrected chi connectivity index (χ4v) is 5.50. The van der Waals surface area contributed by atoms with Crippen LogP contribution < -0.4 is 4.74 Å². The van der Waals surface area contributed by atoms with E-state index < -0.39 is 6.04 Å². The molecule has 0 unspecified atom stereocenters. The molecule has 2 aromatic carbocycles. The van der Waals surface area contributed by atoms with Crippen LogP contribution in [-0.2, 0) is 21.5 Å². The Morgan fingerprint density at radius 3 is 2.62 bits per heavy atom. The van der Waals surface area contributed by atoms with Gasteiger partial charge in [0.15, 0.2) is 0 Å². The van der Waals surface area contributed by atoms with Crippen molar-refractivity contribution in [2.24, 2.45) is 0 Å². The van der Waals surface area contributed by atoms with E-state index in [1.807, 2.05) is 18.2 Å². The van der Waals surface area contributed by atoms with Crippen molar-refractivity contribution in [3.63, 3.8) is 0 Å². The van der Waals surface area contributed by atoms with E-state index in [1.165, 1.54) is 18.2 Å². The van der Waals surface area contributed by atoms with Crippen molar-refractivity contribution in [1.82, 2.24) is 14.8 Å². The monoisotopic (exact) mass is 435 g/mol. The number of carbonyl (C=O) groups excluding carboxylic acids is 1. The van der Waals surface area contributed by atoms with Gasteiger partial charge in [0.05, 0.1) is 19.8 Å². The molecular formula is C25H29N3O4. The molecule has 1 spiro atoms. The molecular weight excluding hydrogens is 406 g/mol. The number of aliphatic hydroxyl groups excluding tert-OH is 1. The number of aromatic amines is 1. The number of hydrogen-bond donors (Lipinski definition) is 2. The van der Waals surface area contributed by atoms with Gasteiger partial charge in [0, 0.05) is 61.4 Å². The quantitative estimate of drug-likeness (QED) is 0.622. The van der Waals surface area contributed by atoms with Crippen molar-refractivity contribution < 1.29 is 19.4 Å². The fraction of sp³-hybridized carbons (Fsp3) is 0.400. The Bertz CT molecular complexity index is 1120. The lowest BCUT2D eigenvalue weighted by Crippen LogP contribution is -2.66. The number of nitrogens with one attached hydrogen (secondary N) is 1. The standard InChI is InChI=1S/C25H29N3O4/c1-31-13-22(30)28-16-25(14-27(15-25)11-17-6-4-3-5-7-17)23-19-9-8-18(32-2)10-20(19)26-24(23)21(28)12-29/h3-10,21,26,29H,11-16H2,1-2H3/t21-/m1/s1. The first kappa shape index (κ1) is 21.0. The van der Waals surface area contributed by atoms with Gasteiger partial charge in [-0.2, -0.15) is 0 Å². The maximum Gasteiger partial charge on any atom is 0.249 e. The number of nitrogens with zero attached hydrogens (tertiary/aromatic N) is 2. The average Bonchev–Trinajstić information content (AvgIpc) is 3.17. The summed E-state index contributed by atoms with van der Waals surface area (Å²) < 4.78 is 10.6. The summed E-state index contributed by atoms with van der Waals surface area (Å²) in [7, 11) is 3.18. The summed E-state index contributed by atoms with van der Waals surface area (Å²) in [5.74, 6) is 0.673. The van der Waals surface area contributed by atoms with Gasteiger partial charge in [-0.15, -0.1) is 0 Å². The molecule has 3 aromatic rings. The number of likely N-dealkylation sites (tertiary alicyclic amines) is 1. The van der Waals surface area contributed by atoms with Crippen LogP contribution >= 0.6 is 0 Å². The van der Waals surface area contributed by atoms with E-state index >= 15 is 0 Å². The zero-order valence-corrected chi connectivity index (χ0v) is 18.5. The number of hydrogen-bond acceptors (Lipinski definition) is 5. The highest BCUT2D eigenvalue weighted by Gasteiger charge is 2.53. The van der Waals surface area contributed by atoms with E-state index in [0.717, 1.165) is 42.0 Å². The van der Waals surface area contributed by atoms with Gasteiger partial charge >= 0.3 is 0 Å². The highest BCUT2D eigenvalue weighted by molar-refractivity contribution is 5.89. The molecule has 0 saturated carbocycles. The number of rotatable bonds is 6. The topological polar surface area (TPSA) is 78.0 Å². The van der Waals surface area contributed by atoms with Crippen LogP contribution in [0, 0.1) is 0 Å². The number of amides is 1. The second-order valence-corrected chi connectivity index (χ2v) is 8.89. The van der Waals surface area contributed by atoms with Gasteiger partial charge in [-0.3, -0.25) is 9.69 Å². The van der Waals surface area contributed by atoms with Crippen LogP contribution in [0.15, 0.2) is 48.5 Å². The van der Waals surface area contributed by atoms with Crippen molar-refractivity contribution in [2.75, 3.05) is 47.1 Å². The maximum absolute atomic E-state index is 12.9. The first-order valence-electron chi connectivity index (χ1n) is 10.9. The van der Waals surface area contributed by atoms with Crippen molar-refractivity contribution in [2.45, 2.75) is 18.0 Å². The van der Waals surface area contributed by atoms with Crippen LogP contribution in [0.4, 0.5) is 0 Å². The highest BCUT2D eigenvalue weighted by Crippen LogP contribution is 2.48. The third-order valence-corrected chi connectivity index (χ3v) is 6.81. The molecule has 0 bridgehead atoms. The van der Waals surface area contributed by atoms with E-state index in [1.54, 1.807) is 12.0 Å². The lowest BCUT2D eigenvalue weighted by Gasteiger charge is -2.56. The fourth-order valence-electron chi connectivity index (χ4n) is 5.50. The minimum atomic E-state index is -0.417. The second-order valence-electron chi connectivity index (χ2n) is 8.89. The summed E-state index contributed by atoms with van der Waals surface area (Å²) in [6.45, 7) is 3.01. The normalized spacial score (nSPS) is 19.7. The Kier molecular flexibility index (Phi) is 5.41. The number of methoxy groups -OCH3 is 2. The molecule has 2 N–H and O–H groups in total. The minimum absolute atomic E-state index is 0.00366. The maximum atomic E-state index is 12.9. The van der Waals surface area contributed by atoms with Crippen molar-refractivity contribution in [1.29, 1.82) is 0 Å². The Morgan fingerprint density at radius 2 is 1.94 bits per heavy atom. The summed E-state index contributed by atoms with van der Waals surface area (Å²) in [5.41, 5.74) is 4.20. The van der Waals surface area contributed by atoms with Crippen molar-refractivity contribution >= 4 is 16.8 Å². The largest absolute Gasteiger partial charge is 0.497 e. The summed E-state index contributed by atoms with van der Waals surface area (Å²) in [6, 6.07) is 16.1. The molecule has 168 valence electrons. The van der Waals surface area contributed by atoms with Crippen LogP contribution in [-0.4, -0.2) is 72.9 Å². The average molecular weight is 436 g/mol. The van der Waals surface area contributed by atoms with E-state index in [0.29, 0.717) is 6.54 Å². The lowest BCUT2D eigenvalue weighted by atomic mass is 9.68. The summed E-state index contributed by atoms with van der Waals surface area (Å²) in [4.78, 5) is 20.7. The van der Waals surface area contributed by atoms with Gasteiger partial charge in [0.2, 0.25) is 5.91 Å². The van der Waals surface area contributed by atoms with E-state index in [2.05, 4.69) is 40.2 Å². The van der Waals surface area contributed by atoms with Gasteiger partial charge in [0.25, 0.3) is 0 Å². The number of ether oxygens (including phenoxy) is 2. The Labute approximate surface area is 187 Å². The number of fused-ring (bicyclic) bond motifs is 4. The number of carbonyl (C=O) groups is 1. The molecule has 3 heterocycles. The zero-order chi connectivity index (χ0) is 22.3. The zero-order valence-electron chi connectivity index (χ0n) is 18.5. The molecule has 2 aliphatic heterocycles. The van der Waals surface area contributed by atoms with Gasteiger partial charge in [0.1, 0.15) is 12.4 Å². The second kappa shape index (κ2) is 8.24. The first-order chi connectivity index (χ1) is 15.6. The minimum Gasteiger partial charge on any atom is -0.497 e. The molecule has 1 amide bonds. The SMILES string of the molecule is COCC(=O)N1CC2(CN(Cc3ccccc3)C2)c2c([nH]c3cc(OC)ccc23)[C@H]1CO. The molecule has 1 saturated heterocycles. The van der Waals surface area contributed by atoms with E-state index in [4.69, 9.17) is 9.47 Å². The Morgan fingerprint density at radius 1 is 1.16 bits per heavy atom. The van der Waals surface area contributed by atoms with Crippen LogP contribution in [0.2, 0.25) is 0 Å². The predicted molar refractivity (Wildman–Crippen MR) is 122 cm³/mol. The summed E-state index contributed by atoms with van der Waals surface area (Å²) >= 11 is 0. The molecule has 7 nitrogen and oxygen atoms in total.